The molecule has 0 saturated heterocycles. The number of ether oxygens (including phenoxy) is 1. The van der Waals surface area contributed by atoms with E-state index in [1.54, 1.807) is 11.9 Å². The second kappa shape index (κ2) is 16.7. The zero-order valence-corrected chi connectivity index (χ0v) is 15.3. The van der Waals surface area contributed by atoms with Crippen molar-refractivity contribution in [2.24, 2.45) is 0 Å². The third-order valence-corrected chi connectivity index (χ3v) is 3.95. The fourth-order valence-corrected chi connectivity index (χ4v) is 2.68. The van der Waals surface area contributed by atoms with Gasteiger partial charge in [0.05, 0.1) is 12.7 Å². The zero-order chi connectivity index (χ0) is 17.3. The molecule has 1 atom stereocenters. The van der Waals surface area contributed by atoms with Gasteiger partial charge < -0.3 is 20.1 Å². The van der Waals surface area contributed by atoms with Crippen molar-refractivity contribution in [3.05, 3.63) is 0 Å². The predicted molar refractivity (Wildman–Crippen MR) is 94.4 cm³/mol. The monoisotopic (exact) mass is 333 g/mol. The minimum absolute atomic E-state index is 0.134. The molecule has 0 aromatic rings. The molecule has 0 radical (unpaired) electrons. The molecular weight excluding hydrogens is 294 g/mol. The van der Waals surface area contributed by atoms with Gasteiger partial charge in [0, 0.05) is 19.7 Å². The van der Waals surface area contributed by atoms with Crippen LogP contribution in [-0.2, 0) is 4.74 Å². The van der Waals surface area contributed by atoms with E-state index < -0.39 is 12.4 Å². The average molecular weight is 334 g/mol. The Balaban J connectivity index is 3.23. The molecule has 140 valence electrons. The van der Waals surface area contributed by atoms with Gasteiger partial charge in [-0.25, -0.2) is 0 Å². The summed E-state index contributed by atoms with van der Waals surface area (Å²) in [5, 5.41) is 27.4. The molecule has 0 spiro atoms. The van der Waals surface area contributed by atoms with E-state index in [-0.39, 0.29) is 6.54 Å². The molecule has 23 heavy (non-hydrogen) atoms. The Kier molecular flexibility index (Phi) is 16.5. The Morgan fingerprint density at radius 3 is 1.83 bits per heavy atom. The Morgan fingerprint density at radius 2 is 1.30 bits per heavy atom. The van der Waals surface area contributed by atoms with Crippen molar-refractivity contribution >= 4 is 0 Å². The zero-order valence-electron chi connectivity index (χ0n) is 15.3. The average Bonchev–Trinajstić information content (AvgIpc) is 2.47. The van der Waals surface area contributed by atoms with Crippen LogP contribution < -0.4 is 0 Å². The number of hydrogen-bond acceptors (Lipinski definition) is 5. The first-order valence-electron chi connectivity index (χ1n) is 9.36. The fourth-order valence-electron chi connectivity index (χ4n) is 2.68. The highest BCUT2D eigenvalue weighted by atomic mass is 16.5. The van der Waals surface area contributed by atoms with Gasteiger partial charge in [-0.05, 0) is 13.5 Å². The first-order chi connectivity index (χ1) is 11.1. The van der Waals surface area contributed by atoms with E-state index in [0.717, 1.165) is 6.42 Å². The molecule has 0 aromatic heterocycles. The molecule has 0 amide bonds. The molecule has 5 heteroatoms. The summed E-state index contributed by atoms with van der Waals surface area (Å²) < 4.78 is 5.47. The normalized spacial score (nSPS) is 13.2. The maximum Gasteiger partial charge on any atom is 0.164 e. The van der Waals surface area contributed by atoms with Gasteiger partial charge in [0.2, 0.25) is 0 Å². The smallest absolute Gasteiger partial charge is 0.164 e. The van der Waals surface area contributed by atoms with Gasteiger partial charge in [0.25, 0.3) is 0 Å². The lowest BCUT2D eigenvalue weighted by molar-refractivity contribution is -0.0652. The van der Waals surface area contributed by atoms with Crippen molar-refractivity contribution in [3.8, 4) is 0 Å². The summed E-state index contributed by atoms with van der Waals surface area (Å²) >= 11 is 0. The van der Waals surface area contributed by atoms with E-state index in [1.807, 2.05) is 0 Å². The van der Waals surface area contributed by atoms with Crippen molar-refractivity contribution in [3.63, 3.8) is 0 Å². The van der Waals surface area contributed by atoms with Crippen molar-refractivity contribution < 1.29 is 20.1 Å². The minimum atomic E-state index is -1.36. The summed E-state index contributed by atoms with van der Waals surface area (Å²) in [6, 6.07) is 0. The number of unbranched alkanes of at least 4 members (excludes halogenated alkanes) is 9. The largest absolute Gasteiger partial charge is 0.389 e. The summed E-state index contributed by atoms with van der Waals surface area (Å²) in [7, 11) is 1.74. The maximum atomic E-state index is 9.76. The number of aliphatic hydroxyl groups excluding tert-OH is 2. The second-order valence-electron chi connectivity index (χ2n) is 6.61. The summed E-state index contributed by atoms with van der Waals surface area (Å²) in [5.74, 6) is 0. The van der Waals surface area contributed by atoms with Crippen LogP contribution in [0.4, 0.5) is 0 Å². The molecule has 0 aromatic carbocycles. The van der Waals surface area contributed by atoms with Gasteiger partial charge in [-0.1, -0.05) is 64.7 Å². The van der Waals surface area contributed by atoms with Gasteiger partial charge in [-0.15, -0.1) is 0 Å². The third-order valence-electron chi connectivity index (χ3n) is 3.95. The summed E-state index contributed by atoms with van der Waals surface area (Å²) in [5.41, 5.74) is 0. The van der Waals surface area contributed by atoms with E-state index >= 15 is 0 Å². The molecule has 3 N–H and O–H groups in total. The fraction of sp³-hybridized carbons (Fsp3) is 1.00. The molecular formula is C18H39NO4. The number of aliphatic hydroxyl groups is 3. The number of rotatable bonds is 17. The SMILES string of the molecule is CCCCCCCCCCCCOCC(O)CN(C)CC(O)O. The van der Waals surface area contributed by atoms with Crippen LogP contribution in [0.1, 0.15) is 71.1 Å². The first kappa shape index (κ1) is 22.8. The topological polar surface area (TPSA) is 73.2 Å². The van der Waals surface area contributed by atoms with Crippen molar-refractivity contribution in [1.29, 1.82) is 0 Å². The van der Waals surface area contributed by atoms with Gasteiger partial charge in [0.1, 0.15) is 0 Å². The first-order valence-corrected chi connectivity index (χ1v) is 9.36. The third kappa shape index (κ3) is 18.0. The van der Waals surface area contributed by atoms with Crippen molar-refractivity contribution in [1.82, 2.24) is 4.90 Å². The van der Waals surface area contributed by atoms with E-state index in [4.69, 9.17) is 14.9 Å². The van der Waals surface area contributed by atoms with Crippen molar-refractivity contribution in [2.75, 3.05) is 33.4 Å². The Bertz CT molecular complexity index is 239. The summed E-state index contributed by atoms with van der Waals surface area (Å²) in [4.78, 5) is 1.68. The highest BCUT2D eigenvalue weighted by Gasteiger charge is 2.10. The highest BCUT2D eigenvalue weighted by Crippen LogP contribution is 2.10. The molecule has 5 nitrogen and oxygen atoms in total. The Labute approximate surface area is 142 Å². The molecule has 1 unspecified atom stereocenters. The lowest BCUT2D eigenvalue weighted by Gasteiger charge is -2.21. The lowest BCUT2D eigenvalue weighted by atomic mass is 10.1. The van der Waals surface area contributed by atoms with Gasteiger partial charge in [-0.2, -0.15) is 0 Å². The van der Waals surface area contributed by atoms with E-state index in [9.17, 15) is 5.11 Å². The van der Waals surface area contributed by atoms with E-state index in [1.165, 1.54) is 57.8 Å². The van der Waals surface area contributed by atoms with Crippen LogP contribution in [0.5, 0.6) is 0 Å². The molecule has 0 aliphatic carbocycles. The highest BCUT2D eigenvalue weighted by molar-refractivity contribution is 4.61. The van der Waals surface area contributed by atoms with Crippen LogP contribution in [0.2, 0.25) is 0 Å². The number of nitrogens with zero attached hydrogens (tertiary/aromatic N) is 1. The van der Waals surface area contributed by atoms with Gasteiger partial charge in [-0.3, -0.25) is 4.90 Å². The maximum absolute atomic E-state index is 9.76. The molecule has 0 rings (SSSR count). The molecule has 0 aliphatic heterocycles. The predicted octanol–water partition coefficient (Wildman–Crippen LogP) is 2.53. The Hall–Kier alpha value is -0.200. The standard InChI is InChI=1S/C18H39NO4/c1-3-4-5-6-7-8-9-10-11-12-13-23-16-17(20)14-19(2)15-18(21)22/h17-18,20-22H,3-16H2,1-2H3. The summed E-state index contributed by atoms with van der Waals surface area (Å²) in [6.45, 7) is 3.77. The molecule has 0 heterocycles. The van der Waals surface area contributed by atoms with Gasteiger partial charge in [0.15, 0.2) is 6.29 Å². The Morgan fingerprint density at radius 1 is 0.783 bits per heavy atom. The number of hydrogen-bond donors (Lipinski definition) is 3. The van der Waals surface area contributed by atoms with Crippen LogP contribution in [0.25, 0.3) is 0 Å². The van der Waals surface area contributed by atoms with Crippen LogP contribution in [0.15, 0.2) is 0 Å². The van der Waals surface area contributed by atoms with E-state index in [0.29, 0.717) is 19.8 Å². The van der Waals surface area contributed by atoms with E-state index in [2.05, 4.69) is 6.92 Å². The molecule has 0 fully saturated rings. The van der Waals surface area contributed by atoms with Crippen molar-refractivity contribution in [2.45, 2.75) is 83.5 Å². The second-order valence-corrected chi connectivity index (χ2v) is 6.61. The minimum Gasteiger partial charge on any atom is -0.389 e. The molecule has 0 bridgehead atoms. The van der Waals surface area contributed by atoms with Crippen LogP contribution >= 0.6 is 0 Å². The molecule has 0 saturated carbocycles. The molecule has 0 aliphatic rings. The van der Waals surface area contributed by atoms with Crippen LogP contribution in [-0.4, -0.2) is 66.0 Å². The van der Waals surface area contributed by atoms with Gasteiger partial charge >= 0.3 is 0 Å². The van der Waals surface area contributed by atoms with Crippen LogP contribution in [0, 0.1) is 0 Å². The number of likely N-dealkylation sites (N-methyl/N-ethyl adjacent to an activating group) is 1. The lowest BCUT2D eigenvalue weighted by Crippen LogP contribution is -2.36. The quantitative estimate of drug-likeness (QED) is 0.282. The van der Waals surface area contributed by atoms with Crippen LogP contribution in [0.3, 0.4) is 0 Å². The summed E-state index contributed by atoms with van der Waals surface area (Å²) in [6.07, 6.45) is 11.1.